The van der Waals surface area contributed by atoms with E-state index >= 15 is 0 Å². The quantitative estimate of drug-likeness (QED) is 0.858. The third-order valence-corrected chi connectivity index (χ3v) is 2.93. The number of hydrogen-bond donors (Lipinski definition) is 1. The molecule has 0 amide bonds. The fourth-order valence-corrected chi connectivity index (χ4v) is 2.08. The maximum atomic E-state index is 12.5. The van der Waals surface area contributed by atoms with Gasteiger partial charge < -0.3 is 10.2 Å². The first kappa shape index (κ1) is 16.8. The van der Waals surface area contributed by atoms with Crippen LogP contribution in [0.15, 0.2) is 18.2 Å². The van der Waals surface area contributed by atoms with Crippen LogP contribution in [0.25, 0.3) is 0 Å². The molecule has 0 bridgehead atoms. The number of aryl methyl sites for hydroxylation is 1. The topological polar surface area (TPSA) is 15.3 Å². The first-order valence-corrected chi connectivity index (χ1v) is 6.77. The van der Waals surface area contributed by atoms with Crippen molar-refractivity contribution >= 4 is 5.69 Å². The summed E-state index contributed by atoms with van der Waals surface area (Å²) in [5.74, 6) is 0.510. The zero-order valence-corrected chi connectivity index (χ0v) is 12.5. The molecule has 0 radical (unpaired) electrons. The van der Waals surface area contributed by atoms with Crippen LogP contribution in [0.2, 0.25) is 0 Å². The normalized spacial score (nSPS) is 12.0. The molecule has 0 aliphatic heterocycles. The van der Waals surface area contributed by atoms with Gasteiger partial charge in [-0.25, -0.2) is 0 Å². The van der Waals surface area contributed by atoms with E-state index in [4.69, 9.17) is 0 Å². The minimum atomic E-state index is -4.19. The van der Waals surface area contributed by atoms with E-state index in [9.17, 15) is 13.2 Å². The van der Waals surface area contributed by atoms with Crippen LogP contribution in [-0.2, 0) is 6.54 Å². The van der Waals surface area contributed by atoms with E-state index in [1.54, 1.807) is 6.07 Å². The highest BCUT2D eigenvalue weighted by atomic mass is 19.4. The van der Waals surface area contributed by atoms with Gasteiger partial charge in [-0.15, -0.1) is 0 Å². The maximum Gasteiger partial charge on any atom is 0.405 e. The van der Waals surface area contributed by atoms with Crippen LogP contribution in [0, 0.1) is 12.8 Å². The van der Waals surface area contributed by atoms with Crippen molar-refractivity contribution in [2.75, 3.05) is 25.0 Å². The Morgan fingerprint density at radius 2 is 1.90 bits per heavy atom. The summed E-state index contributed by atoms with van der Waals surface area (Å²) < 4.78 is 37.5. The van der Waals surface area contributed by atoms with Gasteiger partial charge in [0.05, 0.1) is 0 Å². The van der Waals surface area contributed by atoms with E-state index in [1.807, 2.05) is 19.1 Å². The Bertz CT molecular complexity index is 428. The highest BCUT2D eigenvalue weighted by molar-refractivity contribution is 5.54. The van der Waals surface area contributed by atoms with E-state index in [-0.39, 0.29) is 0 Å². The molecular formula is C15H23F3N2. The lowest BCUT2D eigenvalue weighted by Crippen LogP contribution is -2.32. The SMILES string of the molecule is Cc1ccc(N(C)CC(F)(F)F)c(CNCC(C)C)c1. The van der Waals surface area contributed by atoms with Crippen molar-refractivity contribution in [3.05, 3.63) is 29.3 Å². The van der Waals surface area contributed by atoms with Crippen molar-refractivity contribution in [1.82, 2.24) is 5.32 Å². The summed E-state index contributed by atoms with van der Waals surface area (Å²) in [5, 5.41) is 3.28. The molecule has 1 N–H and O–H groups in total. The molecule has 0 unspecified atom stereocenters. The molecule has 0 aliphatic carbocycles. The van der Waals surface area contributed by atoms with E-state index in [1.165, 1.54) is 11.9 Å². The zero-order valence-electron chi connectivity index (χ0n) is 12.5. The van der Waals surface area contributed by atoms with Gasteiger partial charge in [0.1, 0.15) is 6.54 Å². The molecule has 0 saturated carbocycles. The van der Waals surface area contributed by atoms with E-state index < -0.39 is 12.7 Å². The Morgan fingerprint density at radius 3 is 2.45 bits per heavy atom. The average Bonchev–Trinajstić information content (AvgIpc) is 2.25. The molecule has 1 aromatic carbocycles. The number of nitrogens with one attached hydrogen (secondary N) is 1. The van der Waals surface area contributed by atoms with Gasteiger partial charge in [0, 0.05) is 19.3 Å². The van der Waals surface area contributed by atoms with Gasteiger partial charge in [-0.1, -0.05) is 31.5 Å². The van der Waals surface area contributed by atoms with E-state index in [2.05, 4.69) is 19.2 Å². The lowest BCUT2D eigenvalue weighted by atomic mass is 10.1. The highest BCUT2D eigenvalue weighted by Gasteiger charge is 2.29. The Morgan fingerprint density at radius 1 is 1.25 bits per heavy atom. The van der Waals surface area contributed by atoms with Crippen LogP contribution in [0.1, 0.15) is 25.0 Å². The Balaban J connectivity index is 2.83. The molecule has 5 heteroatoms. The maximum absolute atomic E-state index is 12.5. The van der Waals surface area contributed by atoms with Gasteiger partial charge in [0.15, 0.2) is 0 Å². The summed E-state index contributed by atoms with van der Waals surface area (Å²) in [4.78, 5) is 1.26. The number of rotatable bonds is 6. The molecule has 0 saturated heterocycles. The Labute approximate surface area is 119 Å². The van der Waals surface area contributed by atoms with Crippen molar-refractivity contribution < 1.29 is 13.2 Å². The van der Waals surface area contributed by atoms with Gasteiger partial charge in [-0.2, -0.15) is 13.2 Å². The van der Waals surface area contributed by atoms with Crippen LogP contribution >= 0.6 is 0 Å². The Hall–Kier alpha value is -1.23. The fraction of sp³-hybridized carbons (Fsp3) is 0.600. The van der Waals surface area contributed by atoms with E-state index in [0.29, 0.717) is 18.2 Å². The molecule has 0 spiro atoms. The first-order valence-electron chi connectivity index (χ1n) is 6.77. The molecule has 114 valence electrons. The Kier molecular flexibility index (Phi) is 5.87. The molecule has 0 aromatic heterocycles. The average molecular weight is 288 g/mol. The number of alkyl halides is 3. The van der Waals surface area contributed by atoms with Gasteiger partial charge in [0.25, 0.3) is 0 Å². The highest BCUT2D eigenvalue weighted by Crippen LogP contribution is 2.25. The third-order valence-electron chi connectivity index (χ3n) is 2.93. The second-order valence-electron chi connectivity index (χ2n) is 5.63. The molecule has 20 heavy (non-hydrogen) atoms. The predicted octanol–water partition coefficient (Wildman–Crippen LogP) is 3.74. The van der Waals surface area contributed by atoms with Crippen LogP contribution < -0.4 is 10.2 Å². The summed E-state index contributed by atoms with van der Waals surface area (Å²) >= 11 is 0. The molecule has 0 aliphatic rings. The molecule has 2 nitrogen and oxygen atoms in total. The van der Waals surface area contributed by atoms with Crippen molar-refractivity contribution in [3.63, 3.8) is 0 Å². The number of anilines is 1. The van der Waals surface area contributed by atoms with Gasteiger partial charge >= 0.3 is 6.18 Å². The standard InChI is InChI=1S/C15H23F3N2/c1-11(2)8-19-9-13-7-12(3)5-6-14(13)20(4)10-15(16,17)18/h5-7,11,19H,8-10H2,1-4H3. The van der Waals surface area contributed by atoms with Gasteiger partial charge in [-0.3, -0.25) is 0 Å². The second-order valence-corrected chi connectivity index (χ2v) is 5.63. The number of nitrogens with zero attached hydrogens (tertiary/aromatic N) is 1. The van der Waals surface area contributed by atoms with E-state index in [0.717, 1.165) is 17.7 Å². The van der Waals surface area contributed by atoms with Gasteiger partial charge in [0.2, 0.25) is 0 Å². The molecule has 0 heterocycles. The predicted molar refractivity (Wildman–Crippen MR) is 77.0 cm³/mol. The van der Waals surface area contributed by atoms with Crippen molar-refractivity contribution in [2.24, 2.45) is 5.92 Å². The minimum Gasteiger partial charge on any atom is -0.365 e. The summed E-state index contributed by atoms with van der Waals surface area (Å²) in [6.07, 6.45) is -4.19. The van der Waals surface area contributed by atoms with Crippen molar-refractivity contribution in [3.8, 4) is 0 Å². The largest absolute Gasteiger partial charge is 0.405 e. The molecule has 0 fully saturated rings. The third kappa shape index (κ3) is 5.82. The van der Waals surface area contributed by atoms with Crippen molar-refractivity contribution in [2.45, 2.75) is 33.5 Å². The molecule has 1 rings (SSSR count). The summed E-state index contributed by atoms with van der Waals surface area (Å²) in [7, 11) is 1.48. The molecule has 0 atom stereocenters. The van der Waals surface area contributed by atoms with Crippen LogP contribution in [0.4, 0.5) is 18.9 Å². The second kappa shape index (κ2) is 6.97. The van der Waals surface area contributed by atoms with Crippen molar-refractivity contribution in [1.29, 1.82) is 0 Å². The fourth-order valence-electron chi connectivity index (χ4n) is 2.08. The number of halogens is 3. The number of benzene rings is 1. The lowest BCUT2D eigenvalue weighted by Gasteiger charge is -2.24. The molecular weight excluding hydrogens is 265 g/mol. The van der Waals surface area contributed by atoms with Crippen LogP contribution in [0.3, 0.4) is 0 Å². The van der Waals surface area contributed by atoms with Gasteiger partial charge in [-0.05, 0) is 31.0 Å². The minimum absolute atomic E-state index is 0.510. The lowest BCUT2D eigenvalue weighted by molar-refractivity contribution is -0.119. The summed E-state index contributed by atoms with van der Waals surface area (Å²) in [6.45, 7) is 6.63. The van der Waals surface area contributed by atoms with Crippen LogP contribution in [0.5, 0.6) is 0 Å². The monoisotopic (exact) mass is 288 g/mol. The molecule has 1 aromatic rings. The number of hydrogen-bond acceptors (Lipinski definition) is 2. The first-order chi connectivity index (χ1) is 9.19. The summed E-state index contributed by atoms with van der Waals surface area (Å²) in [5.41, 5.74) is 2.58. The van der Waals surface area contributed by atoms with Crippen LogP contribution in [-0.4, -0.2) is 26.3 Å². The summed E-state index contributed by atoms with van der Waals surface area (Å²) in [6, 6.07) is 5.54. The smallest absolute Gasteiger partial charge is 0.365 e. The zero-order chi connectivity index (χ0) is 15.3.